The van der Waals surface area contributed by atoms with Crippen LogP contribution in [0.3, 0.4) is 0 Å². The van der Waals surface area contributed by atoms with Gasteiger partial charge in [-0.1, -0.05) is 30.7 Å². The Morgan fingerprint density at radius 1 is 1.14 bits per heavy atom. The number of sulfonamides is 1. The van der Waals surface area contributed by atoms with Gasteiger partial charge >= 0.3 is 0 Å². The van der Waals surface area contributed by atoms with Crippen molar-refractivity contribution in [2.24, 2.45) is 0 Å². The summed E-state index contributed by atoms with van der Waals surface area (Å²) in [7, 11) is -3.69. The highest BCUT2D eigenvalue weighted by atomic mass is 35.5. The van der Waals surface area contributed by atoms with Gasteiger partial charge in [0.05, 0.1) is 15.9 Å². The van der Waals surface area contributed by atoms with Gasteiger partial charge in [-0.05, 0) is 42.8 Å². The number of benzene rings is 2. The Balaban J connectivity index is 1.62. The molecule has 0 aliphatic carbocycles. The van der Waals surface area contributed by atoms with Crippen LogP contribution in [0.2, 0.25) is 5.02 Å². The first-order chi connectivity index (χ1) is 13.4. The largest absolute Gasteiger partial charge is 0.310 e. The zero-order valence-electron chi connectivity index (χ0n) is 15.4. The second kappa shape index (κ2) is 8.72. The van der Waals surface area contributed by atoms with Crippen LogP contribution in [-0.2, 0) is 21.4 Å². The number of aromatic nitrogens is 2. The zero-order valence-corrected chi connectivity index (χ0v) is 16.9. The number of hydrogen-bond donors (Lipinski definition) is 2. The predicted molar refractivity (Wildman–Crippen MR) is 110 cm³/mol. The number of hydrogen-bond acceptors (Lipinski definition) is 4. The molecule has 0 aliphatic rings. The number of aryl methyl sites for hydroxylation is 1. The monoisotopic (exact) mass is 420 g/mol. The van der Waals surface area contributed by atoms with Crippen molar-refractivity contribution < 1.29 is 13.2 Å². The molecule has 3 aromatic rings. The molecule has 0 fully saturated rings. The fourth-order valence-electron chi connectivity index (χ4n) is 2.80. The van der Waals surface area contributed by atoms with Gasteiger partial charge < -0.3 is 4.57 Å². The van der Waals surface area contributed by atoms with Gasteiger partial charge in [-0.25, -0.2) is 18.1 Å². The first-order valence-corrected chi connectivity index (χ1v) is 10.8. The maximum atomic E-state index is 12.3. The van der Waals surface area contributed by atoms with E-state index in [1.165, 1.54) is 24.3 Å². The molecular formula is C19H21ClN4O3S. The molecule has 0 bridgehead atoms. The standard InChI is InChI=1S/C19H21ClN4O3S/c1-2-13-24-17-6-4-3-5-16(17)22-19(24)23-18(25)11-12-21-28(26,27)15-9-7-14(20)8-10-15/h3-10,21H,2,11-13H2,1H3,(H,22,23,25). The molecule has 9 heteroatoms. The van der Waals surface area contributed by atoms with Crippen LogP contribution < -0.4 is 10.0 Å². The number of halogens is 1. The van der Waals surface area contributed by atoms with Crippen LogP contribution in [0.15, 0.2) is 53.4 Å². The van der Waals surface area contributed by atoms with Gasteiger partial charge in [0.25, 0.3) is 0 Å². The average Bonchev–Trinajstić information content (AvgIpc) is 2.99. The number of carbonyl (C=O) groups excluding carboxylic acids is 1. The van der Waals surface area contributed by atoms with Gasteiger partial charge in [0.2, 0.25) is 21.9 Å². The Hall–Kier alpha value is -2.42. The van der Waals surface area contributed by atoms with Crippen LogP contribution in [0, 0.1) is 0 Å². The maximum absolute atomic E-state index is 12.3. The van der Waals surface area contributed by atoms with E-state index in [9.17, 15) is 13.2 Å². The summed E-state index contributed by atoms with van der Waals surface area (Å²) in [5.41, 5.74) is 1.75. The van der Waals surface area contributed by atoms with Crippen LogP contribution in [0.1, 0.15) is 19.8 Å². The van der Waals surface area contributed by atoms with Crippen molar-refractivity contribution in [1.29, 1.82) is 0 Å². The Bertz CT molecular complexity index is 1080. The van der Waals surface area contributed by atoms with E-state index in [0.717, 1.165) is 24.0 Å². The summed E-state index contributed by atoms with van der Waals surface area (Å²) in [5, 5.41) is 3.23. The SMILES string of the molecule is CCCn1c(NC(=O)CCNS(=O)(=O)c2ccc(Cl)cc2)nc2ccccc21. The lowest BCUT2D eigenvalue weighted by Crippen LogP contribution is -2.28. The van der Waals surface area contributed by atoms with Crippen LogP contribution in [0.4, 0.5) is 5.95 Å². The van der Waals surface area contributed by atoms with Crippen LogP contribution in [0.25, 0.3) is 11.0 Å². The highest BCUT2D eigenvalue weighted by Gasteiger charge is 2.16. The molecule has 1 amide bonds. The van der Waals surface area contributed by atoms with Crippen molar-refractivity contribution in [2.75, 3.05) is 11.9 Å². The smallest absolute Gasteiger partial charge is 0.240 e. The predicted octanol–water partition coefficient (Wildman–Crippen LogP) is 3.41. The van der Waals surface area contributed by atoms with Crippen molar-refractivity contribution in [3.63, 3.8) is 0 Å². The van der Waals surface area contributed by atoms with E-state index in [-0.39, 0.29) is 23.8 Å². The molecule has 7 nitrogen and oxygen atoms in total. The quantitative estimate of drug-likeness (QED) is 0.584. The van der Waals surface area contributed by atoms with Gasteiger partial charge in [0.15, 0.2) is 0 Å². The molecule has 2 aromatic carbocycles. The summed E-state index contributed by atoms with van der Waals surface area (Å²) in [6, 6.07) is 13.5. The van der Waals surface area contributed by atoms with E-state index in [1.807, 2.05) is 35.8 Å². The molecule has 0 aliphatic heterocycles. The topological polar surface area (TPSA) is 93.1 Å². The fourth-order valence-corrected chi connectivity index (χ4v) is 3.96. The average molecular weight is 421 g/mol. The van der Waals surface area contributed by atoms with E-state index in [4.69, 9.17) is 11.6 Å². The maximum Gasteiger partial charge on any atom is 0.240 e. The molecule has 0 radical (unpaired) electrons. The van der Waals surface area contributed by atoms with E-state index in [0.29, 0.717) is 11.0 Å². The molecule has 0 spiro atoms. The highest BCUT2D eigenvalue weighted by Crippen LogP contribution is 2.20. The summed E-state index contributed by atoms with van der Waals surface area (Å²) >= 11 is 5.77. The van der Waals surface area contributed by atoms with Crippen molar-refractivity contribution in [3.05, 3.63) is 53.6 Å². The molecule has 1 aromatic heterocycles. The Morgan fingerprint density at radius 3 is 2.57 bits per heavy atom. The van der Waals surface area contributed by atoms with Gasteiger partial charge in [-0.3, -0.25) is 10.1 Å². The third-order valence-electron chi connectivity index (χ3n) is 4.12. The zero-order chi connectivity index (χ0) is 20.1. The lowest BCUT2D eigenvalue weighted by molar-refractivity contribution is -0.116. The Morgan fingerprint density at radius 2 is 1.86 bits per heavy atom. The van der Waals surface area contributed by atoms with E-state index in [1.54, 1.807) is 0 Å². The first-order valence-electron chi connectivity index (χ1n) is 8.91. The number of nitrogens with one attached hydrogen (secondary N) is 2. The highest BCUT2D eigenvalue weighted by molar-refractivity contribution is 7.89. The van der Waals surface area contributed by atoms with Gasteiger partial charge in [-0.15, -0.1) is 0 Å². The number of imidazole rings is 1. The first kappa shape index (κ1) is 20.3. The molecule has 28 heavy (non-hydrogen) atoms. The molecule has 0 unspecified atom stereocenters. The number of fused-ring (bicyclic) bond motifs is 1. The number of para-hydroxylation sites is 2. The normalized spacial score (nSPS) is 11.6. The fraction of sp³-hybridized carbons (Fsp3) is 0.263. The minimum absolute atomic E-state index is 0.0118. The summed E-state index contributed by atoms with van der Waals surface area (Å²) in [5.74, 6) is 0.153. The molecule has 1 heterocycles. The molecular weight excluding hydrogens is 400 g/mol. The van der Waals surface area contributed by atoms with Gasteiger partial charge in [0, 0.05) is 24.5 Å². The molecule has 0 saturated heterocycles. The lowest BCUT2D eigenvalue weighted by atomic mass is 10.3. The number of rotatable bonds is 8. The molecule has 0 atom stereocenters. The van der Waals surface area contributed by atoms with E-state index < -0.39 is 10.0 Å². The van der Waals surface area contributed by atoms with E-state index >= 15 is 0 Å². The second-order valence-corrected chi connectivity index (χ2v) is 8.43. The molecule has 2 N–H and O–H groups in total. The number of carbonyl (C=O) groups is 1. The third kappa shape index (κ3) is 4.70. The third-order valence-corrected chi connectivity index (χ3v) is 5.85. The number of anilines is 1. The minimum Gasteiger partial charge on any atom is -0.310 e. The second-order valence-electron chi connectivity index (χ2n) is 6.23. The van der Waals surface area contributed by atoms with Crippen molar-refractivity contribution >= 4 is 44.5 Å². The van der Waals surface area contributed by atoms with Gasteiger partial charge in [0.1, 0.15) is 0 Å². The number of amides is 1. The minimum atomic E-state index is -3.69. The summed E-state index contributed by atoms with van der Waals surface area (Å²) < 4.78 is 28.8. The van der Waals surface area contributed by atoms with Gasteiger partial charge in [-0.2, -0.15) is 0 Å². The van der Waals surface area contributed by atoms with Crippen molar-refractivity contribution in [3.8, 4) is 0 Å². The van der Waals surface area contributed by atoms with E-state index in [2.05, 4.69) is 15.0 Å². The summed E-state index contributed by atoms with van der Waals surface area (Å²) in [6.45, 7) is 2.75. The molecule has 148 valence electrons. The Labute approximate surface area is 168 Å². The molecule has 3 rings (SSSR count). The number of nitrogens with zero attached hydrogens (tertiary/aromatic N) is 2. The van der Waals surface area contributed by atoms with Crippen LogP contribution in [0.5, 0.6) is 0 Å². The summed E-state index contributed by atoms with van der Waals surface area (Å²) in [4.78, 5) is 16.9. The lowest BCUT2D eigenvalue weighted by Gasteiger charge is -2.10. The van der Waals surface area contributed by atoms with Crippen molar-refractivity contribution in [1.82, 2.24) is 14.3 Å². The van der Waals surface area contributed by atoms with Crippen LogP contribution in [-0.4, -0.2) is 30.4 Å². The molecule has 0 saturated carbocycles. The Kier molecular flexibility index (Phi) is 6.33. The van der Waals surface area contributed by atoms with Crippen molar-refractivity contribution in [2.45, 2.75) is 31.2 Å². The summed E-state index contributed by atoms with van der Waals surface area (Å²) in [6.07, 6.45) is 0.881. The van der Waals surface area contributed by atoms with Crippen LogP contribution >= 0.6 is 11.6 Å².